The summed E-state index contributed by atoms with van der Waals surface area (Å²) in [4.78, 5) is 0.332. The van der Waals surface area contributed by atoms with E-state index >= 15 is 0 Å². The van der Waals surface area contributed by atoms with Gasteiger partial charge in [0.2, 0.25) is 10.0 Å². The maximum absolute atomic E-state index is 12.5. The highest BCUT2D eigenvalue weighted by Gasteiger charge is 2.24. The molecule has 0 aromatic heterocycles. The van der Waals surface area contributed by atoms with Gasteiger partial charge in [0.1, 0.15) is 0 Å². The lowest BCUT2D eigenvalue weighted by Gasteiger charge is -2.19. The molecule has 0 fully saturated rings. The van der Waals surface area contributed by atoms with Gasteiger partial charge in [0.15, 0.2) is 0 Å². The number of benzene rings is 1. The third-order valence-electron chi connectivity index (χ3n) is 3.16. The molecule has 0 bridgehead atoms. The summed E-state index contributed by atoms with van der Waals surface area (Å²) in [6.07, 6.45) is 6.86. The van der Waals surface area contributed by atoms with Gasteiger partial charge in [0.25, 0.3) is 0 Å². The average molecular weight is 278 g/mol. The first-order valence-electron chi connectivity index (χ1n) is 6.40. The molecule has 19 heavy (non-hydrogen) atoms. The highest BCUT2D eigenvalue weighted by atomic mass is 32.2. The lowest BCUT2D eigenvalue weighted by Crippen LogP contribution is -2.32. The molecular formula is C14H18N2O2S. The molecule has 0 aliphatic carbocycles. The van der Waals surface area contributed by atoms with Crippen LogP contribution in [0.2, 0.25) is 0 Å². The predicted octanol–water partition coefficient (Wildman–Crippen LogP) is 1.69. The molecule has 102 valence electrons. The van der Waals surface area contributed by atoms with Crippen molar-refractivity contribution in [3.8, 4) is 12.3 Å². The van der Waals surface area contributed by atoms with E-state index in [0.29, 0.717) is 11.4 Å². The van der Waals surface area contributed by atoms with E-state index < -0.39 is 10.0 Å². The molecule has 4 nitrogen and oxygen atoms in total. The molecule has 1 aromatic carbocycles. The zero-order chi connectivity index (χ0) is 13.9. The summed E-state index contributed by atoms with van der Waals surface area (Å²) >= 11 is 0. The Balaban J connectivity index is 2.35. The lowest BCUT2D eigenvalue weighted by atomic mass is 10.2. The highest BCUT2D eigenvalue weighted by Crippen LogP contribution is 2.26. The predicted molar refractivity (Wildman–Crippen MR) is 76.5 cm³/mol. The van der Waals surface area contributed by atoms with Crippen molar-refractivity contribution in [2.75, 3.05) is 25.0 Å². The van der Waals surface area contributed by atoms with Crippen molar-refractivity contribution in [1.82, 2.24) is 4.31 Å². The van der Waals surface area contributed by atoms with Crippen LogP contribution in [0.4, 0.5) is 5.69 Å². The second kappa shape index (κ2) is 5.64. The van der Waals surface area contributed by atoms with E-state index in [1.54, 1.807) is 12.1 Å². The number of sulfonamides is 1. The van der Waals surface area contributed by atoms with Crippen LogP contribution in [0.25, 0.3) is 0 Å². The Morgan fingerprint density at radius 2 is 2.26 bits per heavy atom. The number of fused-ring (bicyclic) bond motifs is 1. The van der Waals surface area contributed by atoms with Gasteiger partial charge in [0.05, 0.1) is 11.4 Å². The SMILES string of the molecule is C#CCN(CCC)S(=O)(=O)c1ccc2c(c1)CCN2. The van der Waals surface area contributed by atoms with E-state index in [9.17, 15) is 8.42 Å². The Morgan fingerprint density at radius 3 is 2.95 bits per heavy atom. The molecule has 0 radical (unpaired) electrons. The molecule has 1 aliphatic heterocycles. The fourth-order valence-corrected chi connectivity index (χ4v) is 3.72. The maximum atomic E-state index is 12.5. The zero-order valence-corrected chi connectivity index (χ0v) is 11.8. The Kier molecular flexibility index (Phi) is 4.13. The van der Waals surface area contributed by atoms with Crippen LogP contribution in [0, 0.1) is 12.3 Å². The third kappa shape index (κ3) is 2.75. The van der Waals surface area contributed by atoms with Gasteiger partial charge in [-0.1, -0.05) is 12.8 Å². The Bertz CT molecular complexity index is 602. The van der Waals surface area contributed by atoms with Crippen molar-refractivity contribution < 1.29 is 8.42 Å². The fourth-order valence-electron chi connectivity index (χ4n) is 2.23. The standard InChI is InChI=1S/C14H18N2O2S/c1-3-9-16(10-4-2)19(17,18)13-5-6-14-12(11-13)7-8-15-14/h1,5-6,11,15H,4,7-10H2,2H3. The summed E-state index contributed by atoms with van der Waals surface area (Å²) < 4.78 is 26.4. The molecule has 1 aromatic rings. The van der Waals surface area contributed by atoms with Crippen molar-refractivity contribution >= 4 is 15.7 Å². The first-order valence-corrected chi connectivity index (χ1v) is 7.84. The molecule has 0 spiro atoms. The van der Waals surface area contributed by atoms with Crippen molar-refractivity contribution in [3.63, 3.8) is 0 Å². The fraction of sp³-hybridized carbons (Fsp3) is 0.429. The van der Waals surface area contributed by atoms with Gasteiger partial charge in [-0.05, 0) is 36.6 Å². The number of nitrogens with one attached hydrogen (secondary N) is 1. The molecule has 1 N–H and O–H groups in total. The number of hydrogen-bond donors (Lipinski definition) is 1. The molecular weight excluding hydrogens is 260 g/mol. The maximum Gasteiger partial charge on any atom is 0.243 e. The number of terminal acetylenes is 1. The van der Waals surface area contributed by atoms with E-state index in [1.165, 1.54) is 4.31 Å². The zero-order valence-electron chi connectivity index (χ0n) is 11.0. The van der Waals surface area contributed by atoms with Crippen LogP contribution in [0.5, 0.6) is 0 Å². The molecule has 2 rings (SSSR count). The van der Waals surface area contributed by atoms with Gasteiger partial charge < -0.3 is 5.32 Å². The summed E-state index contributed by atoms with van der Waals surface area (Å²) in [5, 5.41) is 3.22. The van der Waals surface area contributed by atoms with Crippen LogP contribution in [-0.2, 0) is 16.4 Å². The molecule has 5 heteroatoms. The third-order valence-corrected chi connectivity index (χ3v) is 5.01. The highest BCUT2D eigenvalue weighted by molar-refractivity contribution is 7.89. The molecule has 0 saturated heterocycles. The molecule has 0 atom stereocenters. The molecule has 0 unspecified atom stereocenters. The topological polar surface area (TPSA) is 49.4 Å². The normalized spacial score (nSPS) is 13.9. The summed E-state index contributed by atoms with van der Waals surface area (Å²) in [6, 6.07) is 5.23. The van der Waals surface area contributed by atoms with Gasteiger partial charge in [-0.3, -0.25) is 0 Å². The van der Waals surface area contributed by atoms with Crippen LogP contribution in [0.1, 0.15) is 18.9 Å². The number of nitrogens with zero attached hydrogens (tertiary/aromatic N) is 1. The molecule has 0 amide bonds. The largest absolute Gasteiger partial charge is 0.384 e. The average Bonchev–Trinajstić information content (AvgIpc) is 2.85. The summed E-state index contributed by atoms with van der Waals surface area (Å²) in [5.41, 5.74) is 2.08. The Hall–Kier alpha value is -1.51. The van der Waals surface area contributed by atoms with Crippen molar-refractivity contribution in [2.24, 2.45) is 0 Å². The van der Waals surface area contributed by atoms with Crippen LogP contribution < -0.4 is 5.32 Å². The smallest absolute Gasteiger partial charge is 0.243 e. The van der Waals surface area contributed by atoms with Crippen LogP contribution in [-0.4, -0.2) is 32.4 Å². The lowest BCUT2D eigenvalue weighted by molar-refractivity contribution is 0.445. The first kappa shape index (κ1) is 13.9. The van der Waals surface area contributed by atoms with Crippen molar-refractivity contribution in [2.45, 2.75) is 24.7 Å². The van der Waals surface area contributed by atoms with Gasteiger partial charge in [0, 0.05) is 18.8 Å². The first-order chi connectivity index (χ1) is 9.09. The molecule has 0 saturated carbocycles. The molecule has 1 aliphatic rings. The van der Waals surface area contributed by atoms with Gasteiger partial charge in [-0.2, -0.15) is 4.31 Å². The summed E-state index contributed by atoms with van der Waals surface area (Å²) in [7, 11) is -3.48. The summed E-state index contributed by atoms with van der Waals surface area (Å²) in [5.74, 6) is 2.42. The van der Waals surface area contributed by atoms with E-state index in [-0.39, 0.29) is 6.54 Å². The quantitative estimate of drug-likeness (QED) is 0.834. The minimum absolute atomic E-state index is 0.117. The minimum Gasteiger partial charge on any atom is -0.384 e. The van der Waals surface area contributed by atoms with Gasteiger partial charge in [-0.25, -0.2) is 8.42 Å². The monoisotopic (exact) mass is 278 g/mol. The Morgan fingerprint density at radius 1 is 1.47 bits per heavy atom. The minimum atomic E-state index is -3.48. The van der Waals surface area contributed by atoms with Crippen LogP contribution >= 0.6 is 0 Å². The van der Waals surface area contributed by atoms with Crippen LogP contribution in [0.15, 0.2) is 23.1 Å². The van der Waals surface area contributed by atoms with Gasteiger partial charge in [-0.15, -0.1) is 6.42 Å². The van der Waals surface area contributed by atoms with E-state index in [0.717, 1.165) is 30.6 Å². The number of anilines is 1. The van der Waals surface area contributed by atoms with Crippen LogP contribution in [0.3, 0.4) is 0 Å². The van der Waals surface area contributed by atoms with Gasteiger partial charge >= 0.3 is 0 Å². The van der Waals surface area contributed by atoms with Crippen molar-refractivity contribution in [1.29, 1.82) is 0 Å². The van der Waals surface area contributed by atoms with E-state index in [2.05, 4.69) is 11.2 Å². The second-order valence-corrected chi connectivity index (χ2v) is 6.48. The number of hydrogen-bond acceptors (Lipinski definition) is 3. The molecule has 1 heterocycles. The van der Waals surface area contributed by atoms with E-state index in [4.69, 9.17) is 6.42 Å². The summed E-state index contributed by atoms with van der Waals surface area (Å²) in [6.45, 7) is 3.36. The second-order valence-electron chi connectivity index (χ2n) is 4.54. The Labute approximate surface area is 114 Å². The number of rotatable bonds is 5. The van der Waals surface area contributed by atoms with E-state index in [1.807, 2.05) is 13.0 Å². The van der Waals surface area contributed by atoms with Crippen molar-refractivity contribution in [3.05, 3.63) is 23.8 Å².